The van der Waals surface area contributed by atoms with Crippen LogP contribution in [0.3, 0.4) is 0 Å². The number of aliphatic hydroxyl groups is 8. The lowest BCUT2D eigenvalue weighted by molar-refractivity contribution is -0.140. The van der Waals surface area contributed by atoms with Crippen LogP contribution in [-0.4, -0.2) is 154 Å². The van der Waals surface area contributed by atoms with Crippen molar-refractivity contribution >= 4 is 0 Å². The van der Waals surface area contributed by atoms with Gasteiger partial charge in [0.25, 0.3) is 22.2 Å². The molecule has 12 atom stereocenters. The van der Waals surface area contributed by atoms with E-state index < -0.39 is 192 Å². The Morgan fingerprint density at radius 1 is 0.362 bits per heavy atom. The van der Waals surface area contributed by atoms with Crippen LogP contribution in [0.1, 0.15) is 72.8 Å². The molecule has 0 amide bonds. The van der Waals surface area contributed by atoms with Gasteiger partial charge in [0, 0.05) is 50.5 Å². The number of hydrogen-bond donors (Lipinski definition) is 12. The van der Waals surface area contributed by atoms with E-state index in [0.29, 0.717) is 43.1 Å². The second-order valence-corrected chi connectivity index (χ2v) is 17.3. The van der Waals surface area contributed by atoms with Crippen LogP contribution in [0.4, 0.5) is 52.7 Å². The Bertz CT molecular complexity index is 2860. The SMILES string of the molecule is O=c1[nH]c(=O)n([C@H]2C[C@H](O)[C@@H](CO)O2)cc1C(F)(F)F.O=c1[nH]c(=O)n([C@H]2C[C@H](O)[C@@H](CO)O2)cc1C(F)(F)F.O=c1[nH]c(=O)n([C@H]2C[C@H](O)[C@@H](CO)O2)cc1C(F)(F)F.O=c1[nH]c(=O)n([C@H]2C[C@H](O)[C@@H](CO)O2)cc1C(F)(F)F. The van der Waals surface area contributed by atoms with Gasteiger partial charge in [0.05, 0.1) is 50.8 Å². The number of aromatic nitrogens is 8. The molecular weight excluding hydrogens is 1140 g/mol. The van der Waals surface area contributed by atoms with Crippen molar-refractivity contribution in [1.29, 1.82) is 0 Å². The predicted molar refractivity (Wildman–Crippen MR) is 232 cm³/mol. The molecule has 0 spiro atoms. The zero-order valence-corrected chi connectivity index (χ0v) is 39.7. The number of H-pyrrole nitrogens is 4. The Kier molecular flexibility index (Phi) is 20.1. The Morgan fingerprint density at radius 3 is 0.650 bits per heavy atom. The number of alkyl halides is 12. The summed E-state index contributed by atoms with van der Waals surface area (Å²) in [5.74, 6) is 0. The smallest absolute Gasteiger partial charge is 0.394 e. The van der Waals surface area contributed by atoms with Gasteiger partial charge in [0.1, 0.15) is 71.6 Å². The van der Waals surface area contributed by atoms with Crippen LogP contribution in [0.2, 0.25) is 0 Å². The molecule has 0 saturated carbocycles. The monoisotopic (exact) mass is 1180 g/mol. The minimum Gasteiger partial charge on any atom is -0.394 e. The maximum absolute atomic E-state index is 12.6. The van der Waals surface area contributed by atoms with Crippen LogP contribution in [0.15, 0.2) is 63.1 Å². The molecule has 4 aromatic heterocycles. The normalized spacial score (nSPS) is 26.9. The van der Waals surface area contributed by atoms with E-state index in [0.717, 1.165) is 0 Å². The maximum atomic E-state index is 12.6. The Labute approximate surface area is 431 Å². The van der Waals surface area contributed by atoms with Gasteiger partial charge in [-0.05, 0) is 0 Å². The van der Waals surface area contributed by atoms with Crippen molar-refractivity contribution in [1.82, 2.24) is 38.2 Å². The maximum Gasteiger partial charge on any atom is 0.423 e. The fourth-order valence-corrected chi connectivity index (χ4v) is 7.81. The number of ether oxygens (including phenoxy) is 4. The van der Waals surface area contributed by atoms with E-state index in [4.69, 9.17) is 39.4 Å². The molecule has 0 aliphatic carbocycles. The fraction of sp³-hybridized carbons (Fsp3) is 0.600. The second kappa shape index (κ2) is 25.0. The number of hydrogen-bond acceptors (Lipinski definition) is 20. The highest BCUT2D eigenvalue weighted by Gasteiger charge is 2.43. The van der Waals surface area contributed by atoms with E-state index in [2.05, 4.69) is 0 Å². The lowest BCUT2D eigenvalue weighted by Crippen LogP contribution is -2.36. The lowest BCUT2D eigenvalue weighted by atomic mass is 10.2. The molecule has 448 valence electrons. The zero-order chi connectivity index (χ0) is 60.3. The highest BCUT2D eigenvalue weighted by atomic mass is 19.4. The van der Waals surface area contributed by atoms with Gasteiger partial charge in [-0.25, -0.2) is 19.2 Å². The van der Waals surface area contributed by atoms with E-state index in [-0.39, 0.29) is 25.7 Å². The Morgan fingerprint density at radius 2 is 0.525 bits per heavy atom. The molecule has 8 rings (SSSR count). The highest BCUT2D eigenvalue weighted by Crippen LogP contribution is 2.34. The van der Waals surface area contributed by atoms with Crippen molar-refractivity contribution in [3.8, 4) is 0 Å². The number of rotatable bonds is 8. The van der Waals surface area contributed by atoms with Gasteiger partial charge in [0.2, 0.25) is 0 Å². The summed E-state index contributed by atoms with van der Waals surface area (Å²) in [7, 11) is 0. The third-order valence-corrected chi connectivity index (χ3v) is 11.9. The molecule has 8 heterocycles. The molecule has 4 fully saturated rings. The molecule has 4 aliphatic rings. The molecule has 0 radical (unpaired) electrons. The molecule has 28 nitrogen and oxygen atoms in total. The first-order valence-corrected chi connectivity index (χ1v) is 22.4. The number of nitrogens with one attached hydrogen (secondary N) is 4. The summed E-state index contributed by atoms with van der Waals surface area (Å²) < 4.78 is 174. The number of aromatic amines is 4. The van der Waals surface area contributed by atoms with E-state index in [1.54, 1.807) is 19.9 Å². The summed E-state index contributed by atoms with van der Waals surface area (Å²) in [5.41, 5.74) is -16.7. The summed E-state index contributed by atoms with van der Waals surface area (Å²) in [6.45, 7) is -2.16. The average Bonchev–Trinajstić information content (AvgIpc) is 4.11. The molecule has 0 bridgehead atoms. The molecule has 0 aromatic carbocycles. The van der Waals surface area contributed by atoms with Crippen LogP contribution in [-0.2, 0) is 43.7 Å². The Balaban J connectivity index is 0.000000196. The fourth-order valence-electron chi connectivity index (χ4n) is 7.81. The summed E-state index contributed by atoms with van der Waals surface area (Å²) in [5, 5.41) is 73.6. The summed E-state index contributed by atoms with van der Waals surface area (Å²) >= 11 is 0. The van der Waals surface area contributed by atoms with Crippen LogP contribution < -0.4 is 45.0 Å². The van der Waals surface area contributed by atoms with Crippen LogP contribution >= 0.6 is 0 Å². The topological polar surface area (TPSA) is 418 Å². The van der Waals surface area contributed by atoms with Crippen molar-refractivity contribution in [2.24, 2.45) is 0 Å². The molecule has 12 N–H and O–H groups in total. The molecule has 80 heavy (non-hydrogen) atoms. The van der Waals surface area contributed by atoms with Gasteiger partial charge in [-0.2, -0.15) is 52.7 Å². The van der Waals surface area contributed by atoms with E-state index in [1.165, 1.54) is 0 Å². The van der Waals surface area contributed by atoms with E-state index >= 15 is 0 Å². The zero-order valence-electron chi connectivity index (χ0n) is 39.7. The molecule has 4 saturated heterocycles. The van der Waals surface area contributed by atoms with Crippen molar-refractivity contribution in [3.63, 3.8) is 0 Å². The van der Waals surface area contributed by atoms with Gasteiger partial charge in [-0.3, -0.25) is 57.4 Å². The standard InChI is InChI=1S/4C10H11F3N2O5/c4*11-10(12,13)4-2-15(9(19)14-8(4)18)7-1-5(17)6(3-16)20-7/h4*2,5-7,16-17H,1,3H2,(H,14,18,19)/t4*5-,6+,7+/m0000/s1. The summed E-state index contributed by atoms with van der Waals surface area (Å²) in [6.07, 6.45) is -32.2. The first kappa shape index (κ1) is 64.2. The van der Waals surface area contributed by atoms with Gasteiger partial charge in [-0.15, -0.1) is 0 Å². The average molecular weight is 1180 g/mol. The predicted octanol–water partition coefficient (Wildman–Crippen LogP) is -3.22. The van der Waals surface area contributed by atoms with E-state index in [1.807, 2.05) is 0 Å². The van der Waals surface area contributed by atoms with Crippen LogP contribution in [0.5, 0.6) is 0 Å². The Hall–Kier alpha value is -6.60. The first-order valence-electron chi connectivity index (χ1n) is 22.4. The summed E-state index contributed by atoms with van der Waals surface area (Å²) in [4.78, 5) is 96.8. The second-order valence-electron chi connectivity index (χ2n) is 17.3. The minimum atomic E-state index is -4.92. The van der Waals surface area contributed by atoms with Gasteiger partial charge < -0.3 is 59.8 Å². The van der Waals surface area contributed by atoms with Gasteiger partial charge in [0.15, 0.2) is 0 Å². The molecule has 40 heteroatoms. The number of aliphatic hydroxyl groups excluding tert-OH is 8. The van der Waals surface area contributed by atoms with Crippen molar-refractivity contribution in [2.45, 2.75) is 124 Å². The molecule has 0 unspecified atom stereocenters. The van der Waals surface area contributed by atoms with Gasteiger partial charge >= 0.3 is 47.5 Å². The molecule has 4 aliphatic heterocycles. The van der Waals surface area contributed by atoms with Crippen molar-refractivity contribution in [3.05, 3.63) is 130 Å². The van der Waals surface area contributed by atoms with Crippen LogP contribution in [0, 0.1) is 0 Å². The van der Waals surface area contributed by atoms with Crippen LogP contribution in [0.25, 0.3) is 0 Å². The molecule has 4 aromatic rings. The van der Waals surface area contributed by atoms with Crippen molar-refractivity contribution < 1.29 is 112 Å². The van der Waals surface area contributed by atoms with E-state index in [9.17, 15) is 111 Å². The lowest BCUT2D eigenvalue weighted by Gasteiger charge is -2.16. The van der Waals surface area contributed by atoms with Gasteiger partial charge in [-0.1, -0.05) is 0 Å². The quantitative estimate of drug-likeness (QED) is 0.0773. The summed E-state index contributed by atoms with van der Waals surface area (Å²) in [6, 6.07) is 0. The third-order valence-electron chi connectivity index (χ3n) is 11.9. The largest absolute Gasteiger partial charge is 0.423 e. The molecular formula is C40H44F12N8O20. The first-order chi connectivity index (χ1) is 36.9. The van der Waals surface area contributed by atoms with Crippen molar-refractivity contribution in [2.75, 3.05) is 26.4 Å². The minimum absolute atomic E-state index is 0.172. The highest BCUT2D eigenvalue weighted by molar-refractivity contribution is 5.12. The third kappa shape index (κ3) is 15.0. The number of nitrogens with zero attached hydrogens (tertiary/aromatic N) is 4. The number of halogens is 12.